The van der Waals surface area contributed by atoms with Crippen LogP contribution >= 0.6 is 11.8 Å². The van der Waals surface area contributed by atoms with Gasteiger partial charge in [0.1, 0.15) is 6.04 Å². The van der Waals surface area contributed by atoms with E-state index in [1.165, 1.54) is 0 Å². The number of para-hydroxylation sites is 1. The van der Waals surface area contributed by atoms with Crippen molar-refractivity contribution in [3.8, 4) is 0 Å². The summed E-state index contributed by atoms with van der Waals surface area (Å²) >= 11 is 1.58. The van der Waals surface area contributed by atoms with Gasteiger partial charge in [-0.25, -0.2) is 0 Å². The summed E-state index contributed by atoms with van der Waals surface area (Å²) in [6.45, 7) is 6.84. The Bertz CT molecular complexity index is 1510. The van der Waals surface area contributed by atoms with Gasteiger partial charge >= 0.3 is 0 Å². The van der Waals surface area contributed by atoms with Crippen molar-refractivity contribution < 1.29 is 24.2 Å². The highest BCUT2D eigenvalue weighted by atomic mass is 32.2. The fraction of sp³-hybridized carbons (Fsp3) is 0.472. The second-order valence-electron chi connectivity index (χ2n) is 13.1. The Labute approximate surface area is 274 Å². The summed E-state index contributed by atoms with van der Waals surface area (Å²) in [6.07, 6.45) is 8.59. The van der Waals surface area contributed by atoms with Crippen LogP contribution in [0.2, 0.25) is 0 Å². The minimum Gasteiger partial charge on any atom is -0.394 e. The van der Waals surface area contributed by atoms with Gasteiger partial charge in [0.05, 0.1) is 42.4 Å². The maximum absolute atomic E-state index is 15.0. The number of likely N-dealkylation sites (tertiary alicyclic amines) is 1. The van der Waals surface area contributed by atoms with Crippen molar-refractivity contribution in [2.75, 3.05) is 64.0 Å². The van der Waals surface area contributed by atoms with Crippen LogP contribution in [0.3, 0.4) is 0 Å². The number of fused-ring (bicyclic) bond motifs is 2. The van der Waals surface area contributed by atoms with Crippen LogP contribution < -0.4 is 4.90 Å². The van der Waals surface area contributed by atoms with Gasteiger partial charge < -0.3 is 24.5 Å². The normalized spacial score (nSPS) is 31.8. The van der Waals surface area contributed by atoms with Gasteiger partial charge in [0.15, 0.2) is 0 Å². The number of thioether (sulfide) groups is 1. The molecule has 9 nitrogen and oxygen atoms in total. The number of aliphatic hydroxyl groups excluding tert-OH is 1. The van der Waals surface area contributed by atoms with Gasteiger partial charge in [0, 0.05) is 49.7 Å². The van der Waals surface area contributed by atoms with E-state index < -0.39 is 33.4 Å². The molecule has 3 saturated heterocycles. The molecular formula is C36H42N4O5S. The molecule has 1 spiro atoms. The molecule has 10 heteroatoms. The van der Waals surface area contributed by atoms with Crippen molar-refractivity contribution in [1.82, 2.24) is 14.7 Å². The number of aliphatic hydroxyl groups is 1. The standard InChI is InChI=1S/C36H42N4O5S/c1-35-14-8-17-39(27-12-6-3-7-13-27)32(42)29(35)30-33(43)40(28(25-41)24-26-10-4-2-5-11-26)31-34(44)38(16-9-15-36(30,31)46-35)19-18-37-20-22-45-23-21-37/h2-15,28-31,41H,16-25H2,1H3/t28-,29+,30+,31?,35-,36+/m1/s1. The van der Waals surface area contributed by atoms with E-state index >= 15 is 0 Å². The van der Waals surface area contributed by atoms with E-state index in [1.54, 1.807) is 21.6 Å². The number of ether oxygens (including phenoxy) is 1. The van der Waals surface area contributed by atoms with E-state index in [-0.39, 0.29) is 24.3 Å². The van der Waals surface area contributed by atoms with E-state index in [0.717, 1.165) is 24.3 Å². The third kappa shape index (κ3) is 5.29. The number of nitrogens with zero attached hydrogens (tertiary/aromatic N) is 4. The Morgan fingerprint density at radius 3 is 2.28 bits per heavy atom. The van der Waals surface area contributed by atoms with Crippen molar-refractivity contribution in [3.63, 3.8) is 0 Å². The molecule has 3 fully saturated rings. The van der Waals surface area contributed by atoms with Gasteiger partial charge in [-0.15, -0.1) is 11.8 Å². The molecule has 5 aliphatic rings. The Morgan fingerprint density at radius 1 is 0.870 bits per heavy atom. The van der Waals surface area contributed by atoms with Crippen molar-refractivity contribution in [3.05, 3.63) is 90.5 Å². The molecule has 0 radical (unpaired) electrons. The predicted octanol–water partition coefficient (Wildman–Crippen LogP) is 2.61. The minimum atomic E-state index is -0.967. The summed E-state index contributed by atoms with van der Waals surface area (Å²) in [6, 6.07) is 17.9. The molecule has 5 aliphatic heterocycles. The highest BCUT2D eigenvalue weighted by Gasteiger charge is 2.74. The number of carbonyl (C=O) groups is 3. The molecule has 0 bridgehead atoms. The Kier molecular flexibility index (Phi) is 8.56. The molecule has 2 aromatic carbocycles. The number of rotatable bonds is 8. The van der Waals surface area contributed by atoms with Crippen LogP contribution in [0.1, 0.15) is 12.5 Å². The molecule has 0 aliphatic carbocycles. The lowest BCUT2D eigenvalue weighted by molar-refractivity contribution is -0.145. The first-order chi connectivity index (χ1) is 22.4. The lowest BCUT2D eigenvalue weighted by atomic mass is 9.74. The molecule has 0 aromatic heterocycles. The van der Waals surface area contributed by atoms with Gasteiger partial charge in [-0.2, -0.15) is 0 Å². The largest absolute Gasteiger partial charge is 0.394 e. The van der Waals surface area contributed by atoms with E-state index in [4.69, 9.17) is 4.74 Å². The number of morpholine rings is 1. The SMILES string of the molecule is C[C@@]12C=CCN(c3ccccc3)C(=O)[C@@H]1[C@H]1C(=O)N([C@@H](CO)Cc3ccccc3)C3C(=O)N(CCN4CCOCC4)CC=C[C@@]31S2. The van der Waals surface area contributed by atoms with E-state index in [2.05, 4.69) is 17.1 Å². The first kappa shape index (κ1) is 31.2. The van der Waals surface area contributed by atoms with Crippen LogP contribution in [0.5, 0.6) is 0 Å². The molecule has 7 rings (SSSR count). The van der Waals surface area contributed by atoms with Crippen LogP contribution in [0.4, 0.5) is 5.69 Å². The number of carbonyl (C=O) groups excluding carboxylic acids is 3. The lowest BCUT2D eigenvalue weighted by Gasteiger charge is -2.40. The molecule has 2 aromatic rings. The fourth-order valence-electron chi connectivity index (χ4n) is 8.17. The Hall–Kier alpha value is -3.44. The maximum atomic E-state index is 15.0. The molecule has 1 unspecified atom stereocenters. The summed E-state index contributed by atoms with van der Waals surface area (Å²) in [5, 5.41) is 10.8. The minimum absolute atomic E-state index is 0.111. The number of benzene rings is 2. The first-order valence-corrected chi connectivity index (χ1v) is 17.2. The number of hydrogen-bond acceptors (Lipinski definition) is 7. The zero-order valence-electron chi connectivity index (χ0n) is 26.2. The van der Waals surface area contributed by atoms with Crippen molar-refractivity contribution in [2.24, 2.45) is 11.8 Å². The molecule has 1 N–H and O–H groups in total. The Balaban J connectivity index is 1.29. The van der Waals surface area contributed by atoms with Crippen LogP contribution in [-0.4, -0.2) is 118 Å². The third-order valence-corrected chi connectivity index (χ3v) is 12.2. The quantitative estimate of drug-likeness (QED) is 0.443. The average molecular weight is 643 g/mol. The fourth-order valence-corrected chi connectivity index (χ4v) is 10.3. The zero-order chi connectivity index (χ0) is 31.9. The van der Waals surface area contributed by atoms with Crippen molar-refractivity contribution in [2.45, 2.75) is 34.9 Å². The number of anilines is 1. The molecule has 6 atom stereocenters. The summed E-state index contributed by atoms with van der Waals surface area (Å²) in [7, 11) is 0. The van der Waals surface area contributed by atoms with Gasteiger partial charge in [-0.1, -0.05) is 72.8 Å². The first-order valence-electron chi connectivity index (χ1n) is 16.3. The topological polar surface area (TPSA) is 93.6 Å². The van der Waals surface area contributed by atoms with Crippen LogP contribution in [0.15, 0.2) is 85.0 Å². The molecule has 5 heterocycles. The molecular weight excluding hydrogens is 600 g/mol. The van der Waals surface area contributed by atoms with Crippen LogP contribution in [0.25, 0.3) is 0 Å². The highest BCUT2D eigenvalue weighted by molar-refractivity contribution is 8.02. The van der Waals surface area contributed by atoms with Crippen LogP contribution in [0, 0.1) is 11.8 Å². The molecule has 0 saturated carbocycles. The highest BCUT2D eigenvalue weighted by Crippen LogP contribution is 2.66. The summed E-state index contributed by atoms with van der Waals surface area (Å²) < 4.78 is 3.85. The Morgan fingerprint density at radius 2 is 1.57 bits per heavy atom. The summed E-state index contributed by atoms with van der Waals surface area (Å²) in [5.74, 6) is -1.92. The van der Waals surface area contributed by atoms with Crippen molar-refractivity contribution in [1.29, 1.82) is 0 Å². The van der Waals surface area contributed by atoms with Gasteiger partial charge in [-0.3, -0.25) is 19.3 Å². The van der Waals surface area contributed by atoms with Gasteiger partial charge in [0.25, 0.3) is 0 Å². The summed E-state index contributed by atoms with van der Waals surface area (Å²) in [4.78, 5) is 52.1. The van der Waals surface area contributed by atoms with E-state index in [0.29, 0.717) is 45.8 Å². The third-order valence-electron chi connectivity index (χ3n) is 10.4. The summed E-state index contributed by atoms with van der Waals surface area (Å²) in [5.41, 5.74) is 1.76. The lowest BCUT2D eigenvalue weighted by Crippen LogP contribution is -2.58. The molecule has 46 heavy (non-hydrogen) atoms. The predicted molar refractivity (Wildman–Crippen MR) is 178 cm³/mol. The monoisotopic (exact) mass is 642 g/mol. The second kappa shape index (κ2) is 12.6. The van der Waals surface area contributed by atoms with E-state index in [9.17, 15) is 19.5 Å². The molecule has 3 amide bonds. The molecule has 242 valence electrons. The number of hydrogen-bond donors (Lipinski definition) is 1. The van der Waals surface area contributed by atoms with Crippen molar-refractivity contribution >= 4 is 35.2 Å². The average Bonchev–Trinajstić information content (AvgIpc) is 3.36. The van der Waals surface area contributed by atoms with Crippen LogP contribution in [-0.2, 0) is 25.5 Å². The van der Waals surface area contributed by atoms with Gasteiger partial charge in [0.2, 0.25) is 17.7 Å². The van der Waals surface area contributed by atoms with E-state index in [1.807, 2.05) is 84.6 Å². The zero-order valence-corrected chi connectivity index (χ0v) is 27.1. The smallest absolute Gasteiger partial charge is 0.247 e. The maximum Gasteiger partial charge on any atom is 0.247 e. The van der Waals surface area contributed by atoms with Gasteiger partial charge in [-0.05, 0) is 31.0 Å². The second-order valence-corrected chi connectivity index (χ2v) is 14.9. The number of amides is 3.